The summed E-state index contributed by atoms with van der Waals surface area (Å²) in [6.07, 6.45) is -0.954. The number of hydrogen-bond donors (Lipinski definition) is 0. The van der Waals surface area contributed by atoms with Gasteiger partial charge in [-0.15, -0.1) is 0 Å². The second-order valence-electron chi connectivity index (χ2n) is 5.77. The van der Waals surface area contributed by atoms with Gasteiger partial charge in [0.05, 0.1) is 21.4 Å². The molecular formula is C20H14Cl2N2O2. The van der Waals surface area contributed by atoms with Gasteiger partial charge in [0.25, 0.3) is 0 Å². The Balaban J connectivity index is 1.83. The number of hydrogen-bond acceptors (Lipinski definition) is 3. The van der Waals surface area contributed by atoms with Crippen LogP contribution in [-0.2, 0) is 4.84 Å². The van der Waals surface area contributed by atoms with E-state index < -0.39 is 12.3 Å². The third-order valence-electron chi connectivity index (χ3n) is 4.13. The molecule has 4 nitrogen and oxygen atoms in total. The minimum absolute atomic E-state index is 0.377. The largest absolute Gasteiger partial charge is 0.440 e. The van der Waals surface area contributed by atoms with Gasteiger partial charge in [0.15, 0.2) is 6.17 Å². The Labute approximate surface area is 161 Å². The number of carbonyl (C=O) groups is 1. The van der Waals surface area contributed by atoms with Crippen LogP contribution in [0.3, 0.4) is 0 Å². The molecule has 1 amide bonds. The van der Waals surface area contributed by atoms with Crippen molar-refractivity contribution in [1.29, 1.82) is 0 Å². The monoisotopic (exact) mass is 384 g/mol. The molecule has 0 aromatic heterocycles. The van der Waals surface area contributed by atoms with E-state index in [0.717, 1.165) is 11.3 Å². The van der Waals surface area contributed by atoms with Crippen molar-refractivity contribution in [3.05, 3.63) is 94.5 Å². The first kappa shape index (κ1) is 16.8. The lowest BCUT2D eigenvalue weighted by molar-refractivity contribution is 0.164. The second kappa shape index (κ2) is 6.90. The van der Waals surface area contributed by atoms with E-state index in [4.69, 9.17) is 28.0 Å². The minimum Gasteiger partial charge on any atom is -0.319 e. The van der Waals surface area contributed by atoms with Crippen LogP contribution in [0.5, 0.6) is 0 Å². The van der Waals surface area contributed by atoms with E-state index in [1.165, 1.54) is 0 Å². The summed E-state index contributed by atoms with van der Waals surface area (Å²) in [5.41, 5.74) is 2.29. The van der Waals surface area contributed by atoms with Crippen LogP contribution in [0.15, 0.2) is 78.9 Å². The van der Waals surface area contributed by atoms with E-state index in [0.29, 0.717) is 15.7 Å². The maximum absolute atomic E-state index is 12.7. The Morgan fingerprint density at radius 2 is 1.42 bits per heavy atom. The maximum Gasteiger partial charge on any atom is 0.440 e. The number of para-hydroxylation sites is 1. The third-order valence-corrected chi connectivity index (χ3v) is 4.87. The Morgan fingerprint density at radius 3 is 2.08 bits per heavy atom. The zero-order valence-corrected chi connectivity index (χ0v) is 15.1. The van der Waals surface area contributed by atoms with E-state index in [1.807, 2.05) is 60.7 Å². The number of halogens is 2. The fraction of sp³-hybridized carbons (Fsp3) is 0.0500. The van der Waals surface area contributed by atoms with Gasteiger partial charge in [-0.3, -0.25) is 0 Å². The Morgan fingerprint density at radius 1 is 0.769 bits per heavy atom. The normalized spacial score (nSPS) is 16.7. The van der Waals surface area contributed by atoms with Crippen molar-refractivity contribution in [2.75, 3.05) is 9.96 Å². The van der Waals surface area contributed by atoms with Gasteiger partial charge in [-0.1, -0.05) is 71.7 Å². The summed E-state index contributed by atoms with van der Waals surface area (Å²) in [7, 11) is 0. The number of rotatable bonds is 3. The fourth-order valence-corrected chi connectivity index (χ4v) is 3.24. The van der Waals surface area contributed by atoms with E-state index in [-0.39, 0.29) is 0 Å². The molecule has 1 aliphatic rings. The number of carbonyl (C=O) groups excluding carboxylic acids is 1. The first-order valence-corrected chi connectivity index (χ1v) is 8.76. The molecular weight excluding hydrogens is 371 g/mol. The molecule has 4 rings (SSSR count). The van der Waals surface area contributed by atoms with Crippen LogP contribution in [0, 0.1) is 0 Å². The van der Waals surface area contributed by atoms with Gasteiger partial charge in [-0.05, 0) is 35.9 Å². The van der Waals surface area contributed by atoms with Gasteiger partial charge >= 0.3 is 6.09 Å². The zero-order chi connectivity index (χ0) is 18.1. The highest BCUT2D eigenvalue weighted by atomic mass is 35.5. The summed E-state index contributed by atoms with van der Waals surface area (Å²) in [4.78, 5) is 19.9. The van der Waals surface area contributed by atoms with Gasteiger partial charge in [0.2, 0.25) is 0 Å². The second-order valence-corrected chi connectivity index (χ2v) is 6.59. The lowest BCUT2D eigenvalue weighted by Crippen LogP contribution is -2.31. The highest BCUT2D eigenvalue weighted by molar-refractivity contribution is 6.42. The average Bonchev–Trinajstić information content (AvgIpc) is 3.03. The van der Waals surface area contributed by atoms with Crippen LogP contribution < -0.4 is 9.96 Å². The van der Waals surface area contributed by atoms with Crippen molar-refractivity contribution in [2.45, 2.75) is 6.17 Å². The summed E-state index contributed by atoms with van der Waals surface area (Å²) in [6, 6.07) is 24.2. The molecule has 26 heavy (non-hydrogen) atoms. The number of nitrogens with zero attached hydrogens (tertiary/aromatic N) is 2. The Kier molecular flexibility index (Phi) is 4.45. The molecule has 1 atom stereocenters. The van der Waals surface area contributed by atoms with Crippen molar-refractivity contribution in [2.24, 2.45) is 0 Å². The van der Waals surface area contributed by atoms with E-state index in [1.54, 1.807) is 28.2 Å². The van der Waals surface area contributed by atoms with Gasteiger partial charge in [0.1, 0.15) is 0 Å². The van der Waals surface area contributed by atoms with Gasteiger partial charge in [-0.2, -0.15) is 5.06 Å². The van der Waals surface area contributed by atoms with Crippen molar-refractivity contribution in [3.8, 4) is 0 Å². The molecule has 130 valence electrons. The lowest BCUT2D eigenvalue weighted by Gasteiger charge is -2.27. The quantitative estimate of drug-likeness (QED) is 0.549. The number of hydroxylamine groups is 1. The maximum atomic E-state index is 12.7. The SMILES string of the molecule is O=C1ON(c2ccccc2)[C@@H](c2ccccc2)N1c1ccc(Cl)c(Cl)c1. The van der Waals surface area contributed by atoms with Crippen molar-refractivity contribution in [1.82, 2.24) is 0 Å². The van der Waals surface area contributed by atoms with E-state index in [2.05, 4.69) is 0 Å². The first-order chi connectivity index (χ1) is 12.6. The van der Waals surface area contributed by atoms with Crippen LogP contribution in [0.2, 0.25) is 10.0 Å². The first-order valence-electron chi connectivity index (χ1n) is 8.00. The molecule has 0 N–H and O–H groups in total. The summed E-state index contributed by atoms with van der Waals surface area (Å²) >= 11 is 12.2. The summed E-state index contributed by atoms with van der Waals surface area (Å²) < 4.78 is 0. The Hall–Kier alpha value is -2.69. The van der Waals surface area contributed by atoms with Crippen LogP contribution in [0.25, 0.3) is 0 Å². The van der Waals surface area contributed by atoms with E-state index in [9.17, 15) is 4.79 Å². The molecule has 1 aliphatic heterocycles. The molecule has 1 fully saturated rings. The molecule has 0 saturated carbocycles. The standard InChI is InChI=1S/C20H14Cl2N2O2/c21-17-12-11-16(13-18(17)22)23-19(14-7-3-1-4-8-14)24(26-20(23)25)15-9-5-2-6-10-15/h1-13,19H/t19-/m0/s1. The average molecular weight is 385 g/mol. The molecule has 3 aromatic carbocycles. The number of benzene rings is 3. The van der Waals surface area contributed by atoms with Crippen molar-refractivity contribution in [3.63, 3.8) is 0 Å². The minimum atomic E-state index is -0.485. The predicted octanol–water partition coefficient (Wildman–Crippen LogP) is 6.07. The predicted molar refractivity (Wildman–Crippen MR) is 104 cm³/mol. The van der Waals surface area contributed by atoms with Gasteiger partial charge < -0.3 is 4.84 Å². The molecule has 1 saturated heterocycles. The molecule has 6 heteroatoms. The third kappa shape index (κ3) is 2.98. The summed E-state index contributed by atoms with van der Waals surface area (Å²) in [6.45, 7) is 0. The van der Waals surface area contributed by atoms with Gasteiger partial charge in [0, 0.05) is 0 Å². The molecule has 0 bridgehead atoms. The van der Waals surface area contributed by atoms with Crippen molar-refractivity contribution >= 4 is 40.7 Å². The smallest absolute Gasteiger partial charge is 0.319 e. The highest BCUT2D eigenvalue weighted by Gasteiger charge is 2.42. The zero-order valence-electron chi connectivity index (χ0n) is 13.5. The molecule has 0 spiro atoms. The van der Waals surface area contributed by atoms with Crippen LogP contribution in [0.1, 0.15) is 11.7 Å². The topological polar surface area (TPSA) is 32.8 Å². The van der Waals surface area contributed by atoms with Crippen LogP contribution >= 0.6 is 23.2 Å². The molecule has 0 aliphatic carbocycles. The Bertz CT molecular complexity index is 935. The molecule has 0 radical (unpaired) electrons. The number of anilines is 2. The van der Waals surface area contributed by atoms with Crippen molar-refractivity contribution < 1.29 is 9.63 Å². The van der Waals surface area contributed by atoms with Crippen LogP contribution in [-0.4, -0.2) is 6.09 Å². The summed E-state index contributed by atoms with van der Waals surface area (Å²) in [5.74, 6) is 0. The van der Waals surface area contributed by atoms with E-state index >= 15 is 0 Å². The highest BCUT2D eigenvalue weighted by Crippen LogP contribution is 2.40. The summed E-state index contributed by atoms with van der Waals surface area (Å²) in [5, 5.41) is 2.40. The molecule has 3 aromatic rings. The number of amides is 1. The van der Waals surface area contributed by atoms with Gasteiger partial charge in [-0.25, -0.2) is 9.69 Å². The molecule has 1 heterocycles. The fourth-order valence-electron chi connectivity index (χ4n) is 2.94. The molecule has 0 unspecified atom stereocenters. The lowest BCUT2D eigenvalue weighted by atomic mass is 10.1. The van der Waals surface area contributed by atoms with Crippen LogP contribution in [0.4, 0.5) is 16.2 Å².